The van der Waals surface area contributed by atoms with Crippen molar-refractivity contribution in [2.75, 3.05) is 44.3 Å². The number of H-pyrrole nitrogens is 1. The maximum absolute atomic E-state index is 11.7. The molecule has 9 heteroatoms. The normalized spacial score (nSPS) is 19.5. The molecule has 5 rings (SSSR count). The van der Waals surface area contributed by atoms with Crippen LogP contribution in [0.3, 0.4) is 0 Å². The molecule has 1 aromatic carbocycles. The average Bonchev–Trinajstić information content (AvgIpc) is 3.05. The SMILES string of the molecule is CC(=O)N1CCCC(Oc2nc3nc(-c4ccc(N5CCOCC5)cc4)c(Cl)cc3[nH]2)CC1. The first-order valence-electron chi connectivity index (χ1n) is 11.5. The molecular weight excluding hydrogens is 442 g/mol. The van der Waals surface area contributed by atoms with Gasteiger partial charge in [0.1, 0.15) is 6.10 Å². The van der Waals surface area contributed by atoms with Crippen LogP contribution in [0.1, 0.15) is 26.2 Å². The number of hydrogen-bond acceptors (Lipinski definition) is 6. The molecule has 4 heterocycles. The number of anilines is 1. The van der Waals surface area contributed by atoms with Crippen molar-refractivity contribution in [2.24, 2.45) is 0 Å². The van der Waals surface area contributed by atoms with Crippen LogP contribution < -0.4 is 9.64 Å². The molecule has 1 unspecified atom stereocenters. The summed E-state index contributed by atoms with van der Waals surface area (Å²) in [5, 5.41) is 0.559. The van der Waals surface area contributed by atoms with E-state index in [9.17, 15) is 4.79 Å². The fourth-order valence-corrected chi connectivity index (χ4v) is 4.72. The van der Waals surface area contributed by atoms with Crippen molar-refractivity contribution in [1.82, 2.24) is 19.9 Å². The number of ether oxygens (including phenoxy) is 2. The molecular formula is C24H28ClN5O3. The Morgan fingerprint density at radius 3 is 2.67 bits per heavy atom. The van der Waals surface area contributed by atoms with E-state index in [1.165, 1.54) is 5.69 Å². The molecule has 0 bridgehead atoms. The van der Waals surface area contributed by atoms with Crippen molar-refractivity contribution in [3.05, 3.63) is 35.4 Å². The number of fused-ring (bicyclic) bond motifs is 1. The molecule has 2 aromatic heterocycles. The van der Waals surface area contributed by atoms with Crippen molar-refractivity contribution in [1.29, 1.82) is 0 Å². The van der Waals surface area contributed by atoms with E-state index in [0.717, 1.165) is 63.2 Å². The van der Waals surface area contributed by atoms with E-state index < -0.39 is 0 Å². The lowest BCUT2D eigenvalue weighted by molar-refractivity contribution is -0.128. The number of amides is 1. The molecule has 0 aliphatic carbocycles. The second kappa shape index (κ2) is 9.57. The summed E-state index contributed by atoms with van der Waals surface area (Å²) in [6.07, 6.45) is 2.60. The summed E-state index contributed by atoms with van der Waals surface area (Å²) in [7, 11) is 0. The maximum atomic E-state index is 11.7. The zero-order valence-electron chi connectivity index (χ0n) is 18.7. The Bertz CT molecular complexity index is 1130. The Morgan fingerprint density at radius 1 is 1.12 bits per heavy atom. The van der Waals surface area contributed by atoms with E-state index in [2.05, 4.69) is 27.0 Å². The number of nitrogens with one attached hydrogen (secondary N) is 1. The van der Waals surface area contributed by atoms with E-state index >= 15 is 0 Å². The average molecular weight is 470 g/mol. The number of nitrogens with zero attached hydrogens (tertiary/aromatic N) is 4. The van der Waals surface area contributed by atoms with Crippen LogP contribution in [-0.4, -0.2) is 71.3 Å². The number of aromatic nitrogens is 3. The predicted octanol–water partition coefficient (Wildman–Crippen LogP) is 3.89. The summed E-state index contributed by atoms with van der Waals surface area (Å²) in [6, 6.07) is 10.6. The molecule has 33 heavy (non-hydrogen) atoms. The quantitative estimate of drug-likeness (QED) is 0.624. The van der Waals surface area contributed by atoms with Crippen LogP contribution in [0.5, 0.6) is 6.01 Å². The van der Waals surface area contributed by atoms with Gasteiger partial charge in [-0.25, -0.2) is 4.98 Å². The fourth-order valence-electron chi connectivity index (χ4n) is 4.46. The third kappa shape index (κ3) is 4.91. The van der Waals surface area contributed by atoms with Crippen molar-refractivity contribution in [2.45, 2.75) is 32.3 Å². The Balaban J connectivity index is 1.32. The van der Waals surface area contributed by atoms with Crippen LogP contribution in [0.2, 0.25) is 5.02 Å². The highest BCUT2D eigenvalue weighted by atomic mass is 35.5. The summed E-state index contributed by atoms with van der Waals surface area (Å²) < 4.78 is 11.5. The van der Waals surface area contributed by atoms with Gasteiger partial charge in [-0.2, -0.15) is 4.98 Å². The van der Waals surface area contributed by atoms with Gasteiger partial charge in [-0.3, -0.25) is 4.79 Å². The van der Waals surface area contributed by atoms with Gasteiger partial charge in [0.25, 0.3) is 6.01 Å². The molecule has 8 nitrogen and oxygen atoms in total. The summed E-state index contributed by atoms with van der Waals surface area (Å²) in [6.45, 7) is 6.40. The Hall–Kier alpha value is -2.84. The van der Waals surface area contributed by atoms with E-state index in [-0.39, 0.29) is 12.0 Å². The van der Waals surface area contributed by atoms with Crippen LogP contribution in [0.15, 0.2) is 30.3 Å². The Kier molecular flexibility index (Phi) is 6.37. The second-order valence-corrected chi connectivity index (χ2v) is 8.96. The molecule has 2 aliphatic rings. The number of morpholine rings is 1. The zero-order chi connectivity index (χ0) is 22.8. The van der Waals surface area contributed by atoms with Gasteiger partial charge >= 0.3 is 0 Å². The number of rotatable bonds is 4. The van der Waals surface area contributed by atoms with Crippen molar-refractivity contribution < 1.29 is 14.3 Å². The number of likely N-dealkylation sites (tertiary alicyclic amines) is 1. The topological polar surface area (TPSA) is 83.6 Å². The molecule has 2 fully saturated rings. The maximum Gasteiger partial charge on any atom is 0.296 e. The third-order valence-electron chi connectivity index (χ3n) is 6.32. The standard InChI is InChI=1S/C24H28ClN5O3/c1-16(31)29-9-2-3-19(8-10-29)33-24-26-21-15-20(25)22(27-23(21)28-24)17-4-6-18(7-5-17)30-11-13-32-14-12-30/h4-7,15,19H,2-3,8-14H2,1H3,(H,26,27,28). The molecule has 2 saturated heterocycles. The number of benzene rings is 1. The van der Waals surface area contributed by atoms with E-state index in [4.69, 9.17) is 26.1 Å². The summed E-state index contributed by atoms with van der Waals surface area (Å²) in [5.74, 6) is 0.115. The van der Waals surface area contributed by atoms with E-state index in [1.54, 1.807) is 6.92 Å². The molecule has 2 aliphatic heterocycles. The number of carbonyl (C=O) groups excluding carboxylic acids is 1. The summed E-state index contributed by atoms with van der Waals surface area (Å²) in [4.78, 5) is 28.3. The van der Waals surface area contributed by atoms with Gasteiger partial charge in [-0.05, 0) is 31.0 Å². The van der Waals surface area contributed by atoms with Crippen molar-refractivity contribution in [3.8, 4) is 17.3 Å². The monoisotopic (exact) mass is 469 g/mol. The number of imidazole rings is 1. The number of pyridine rings is 1. The molecule has 0 saturated carbocycles. The van der Waals surface area contributed by atoms with Gasteiger partial charge in [0, 0.05) is 50.8 Å². The highest BCUT2D eigenvalue weighted by Gasteiger charge is 2.21. The zero-order valence-corrected chi connectivity index (χ0v) is 19.5. The van der Waals surface area contributed by atoms with Crippen LogP contribution >= 0.6 is 11.6 Å². The van der Waals surface area contributed by atoms with Crippen LogP contribution in [0.25, 0.3) is 22.4 Å². The number of hydrogen-bond donors (Lipinski definition) is 1. The van der Waals surface area contributed by atoms with Crippen molar-refractivity contribution >= 4 is 34.4 Å². The van der Waals surface area contributed by atoms with Gasteiger partial charge in [0.15, 0.2) is 5.65 Å². The molecule has 1 atom stereocenters. The minimum absolute atomic E-state index is 0.0117. The molecule has 0 spiro atoms. The molecule has 3 aromatic rings. The van der Waals surface area contributed by atoms with Crippen LogP contribution in [-0.2, 0) is 9.53 Å². The Labute approximate surface area is 197 Å². The van der Waals surface area contributed by atoms with E-state index in [1.807, 2.05) is 23.1 Å². The highest BCUT2D eigenvalue weighted by Crippen LogP contribution is 2.31. The highest BCUT2D eigenvalue weighted by molar-refractivity contribution is 6.33. The van der Waals surface area contributed by atoms with Crippen molar-refractivity contribution in [3.63, 3.8) is 0 Å². The van der Waals surface area contributed by atoms with E-state index in [0.29, 0.717) is 28.9 Å². The minimum Gasteiger partial charge on any atom is -0.461 e. The smallest absolute Gasteiger partial charge is 0.296 e. The minimum atomic E-state index is 0.0117. The van der Waals surface area contributed by atoms with Crippen LogP contribution in [0, 0.1) is 0 Å². The molecule has 1 N–H and O–H groups in total. The first kappa shape index (κ1) is 22.0. The number of carbonyl (C=O) groups is 1. The lowest BCUT2D eigenvalue weighted by Crippen LogP contribution is -2.36. The van der Waals surface area contributed by atoms with Gasteiger partial charge < -0.3 is 24.3 Å². The predicted molar refractivity (Wildman–Crippen MR) is 128 cm³/mol. The Morgan fingerprint density at radius 2 is 1.91 bits per heavy atom. The van der Waals surface area contributed by atoms with Gasteiger partial charge in [-0.1, -0.05) is 23.7 Å². The van der Waals surface area contributed by atoms with Gasteiger partial charge in [-0.15, -0.1) is 0 Å². The van der Waals surface area contributed by atoms with Gasteiger partial charge in [0.05, 0.1) is 29.4 Å². The summed E-state index contributed by atoms with van der Waals surface area (Å²) in [5.41, 5.74) is 4.12. The van der Waals surface area contributed by atoms with Gasteiger partial charge in [0.2, 0.25) is 5.91 Å². The molecule has 1 amide bonds. The first-order chi connectivity index (χ1) is 16.1. The number of aromatic amines is 1. The lowest BCUT2D eigenvalue weighted by Gasteiger charge is -2.28. The summed E-state index contributed by atoms with van der Waals surface area (Å²) >= 11 is 6.58. The lowest BCUT2D eigenvalue weighted by atomic mass is 10.1. The number of halogens is 1. The molecule has 174 valence electrons. The fraction of sp³-hybridized carbons (Fsp3) is 0.458. The second-order valence-electron chi connectivity index (χ2n) is 8.56. The third-order valence-corrected chi connectivity index (χ3v) is 6.61. The largest absolute Gasteiger partial charge is 0.461 e. The first-order valence-corrected chi connectivity index (χ1v) is 11.9. The van der Waals surface area contributed by atoms with Crippen LogP contribution in [0.4, 0.5) is 5.69 Å². The molecule has 0 radical (unpaired) electrons.